The maximum Gasteiger partial charge on any atom is 0.166 e. The molecule has 0 aliphatic carbocycles. The Labute approximate surface area is 123 Å². The first-order valence-electron chi connectivity index (χ1n) is 6.82. The Kier molecular flexibility index (Phi) is 3.94. The number of methoxy groups -OCH3 is 1. The zero-order chi connectivity index (χ0) is 14.7. The minimum absolute atomic E-state index is 0.238. The number of nitrogens with one attached hydrogen (secondary N) is 1. The van der Waals surface area contributed by atoms with Crippen LogP contribution in [0.2, 0.25) is 0 Å². The van der Waals surface area contributed by atoms with Crippen LogP contribution in [0.25, 0.3) is 0 Å². The highest BCUT2D eigenvalue weighted by atomic mass is 16.6. The van der Waals surface area contributed by atoms with Gasteiger partial charge in [-0.25, -0.2) is 5.43 Å². The Morgan fingerprint density at radius 2 is 1.81 bits per heavy atom. The summed E-state index contributed by atoms with van der Waals surface area (Å²) in [7, 11) is 1.65. The normalized spacial score (nSPS) is 14.6. The molecule has 3 N–H and O–H groups in total. The van der Waals surface area contributed by atoms with Gasteiger partial charge in [-0.2, -0.15) is 0 Å². The van der Waals surface area contributed by atoms with Gasteiger partial charge >= 0.3 is 0 Å². The number of hydrazine groups is 1. The summed E-state index contributed by atoms with van der Waals surface area (Å²) in [6.45, 7) is 1.10. The lowest BCUT2D eigenvalue weighted by Crippen LogP contribution is -2.30. The van der Waals surface area contributed by atoms with Crippen molar-refractivity contribution in [1.29, 1.82) is 0 Å². The molecule has 21 heavy (non-hydrogen) atoms. The van der Waals surface area contributed by atoms with E-state index < -0.39 is 0 Å². The van der Waals surface area contributed by atoms with E-state index in [2.05, 4.69) is 5.43 Å². The maximum atomic E-state index is 5.79. The molecule has 5 nitrogen and oxygen atoms in total. The molecule has 0 bridgehead atoms. The summed E-state index contributed by atoms with van der Waals surface area (Å²) >= 11 is 0. The second-order valence-electron chi connectivity index (χ2n) is 4.71. The van der Waals surface area contributed by atoms with Crippen molar-refractivity contribution >= 4 is 0 Å². The van der Waals surface area contributed by atoms with E-state index in [9.17, 15) is 0 Å². The summed E-state index contributed by atoms with van der Waals surface area (Å²) < 4.78 is 16.8. The first-order valence-corrected chi connectivity index (χ1v) is 6.82. The molecule has 5 heteroatoms. The van der Waals surface area contributed by atoms with Crippen molar-refractivity contribution in [1.82, 2.24) is 5.43 Å². The third-order valence-corrected chi connectivity index (χ3v) is 3.52. The van der Waals surface area contributed by atoms with Gasteiger partial charge in [0.05, 0.1) is 13.2 Å². The van der Waals surface area contributed by atoms with Gasteiger partial charge in [-0.05, 0) is 12.1 Å². The maximum absolute atomic E-state index is 5.79. The second-order valence-corrected chi connectivity index (χ2v) is 4.71. The van der Waals surface area contributed by atoms with Crippen LogP contribution in [0.3, 0.4) is 0 Å². The molecule has 1 heterocycles. The molecule has 110 valence electrons. The molecule has 0 radical (unpaired) electrons. The average molecular weight is 286 g/mol. The zero-order valence-electron chi connectivity index (χ0n) is 11.8. The Balaban J connectivity index is 2.08. The lowest BCUT2D eigenvalue weighted by molar-refractivity contribution is 0.169. The highest BCUT2D eigenvalue weighted by Gasteiger charge is 2.24. The van der Waals surface area contributed by atoms with Crippen LogP contribution in [0.5, 0.6) is 17.2 Å². The smallest absolute Gasteiger partial charge is 0.166 e. The lowest BCUT2D eigenvalue weighted by atomic mass is 9.97. The van der Waals surface area contributed by atoms with Crippen molar-refractivity contribution < 1.29 is 14.2 Å². The van der Waals surface area contributed by atoms with Gasteiger partial charge in [0, 0.05) is 11.1 Å². The molecule has 3 rings (SSSR count). The monoisotopic (exact) mass is 286 g/mol. The molecule has 1 unspecified atom stereocenters. The van der Waals surface area contributed by atoms with Gasteiger partial charge in [-0.15, -0.1) is 0 Å². The fraction of sp³-hybridized carbons (Fsp3) is 0.250. The van der Waals surface area contributed by atoms with Crippen LogP contribution in [0.1, 0.15) is 17.2 Å². The molecule has 1 aliphatic rings. The Morgan fingerprint density at radius 3 is 2.62 bits per heavy atom. The van der Waals surface area contributed by atoms with Crippen molar-refractivity contribution in [2.45, 2.75) is 6.04 Å². The Bertz CT molecular complexity index is 631. The predicted octanol–water partition coefficient (Wildman–Crippen LogP) is 2.02. The minimum atomic E-state index is -0.238. The van der Waals surface area contributed by atoms with Gasteiger partial charge in [-0.1, -0.05) is 30.3 Å². The van der Waals surface area contributed by atoms with Gasteiger partial charge in [0.2, 0.25) is 0 Å². The molecule has 0 saturated carbocycles. The molecule has 0 fully saturated rings. The Hall–Kier alpha value is -2.24. The number of fused-ring (bicyclic) bond motifs is 1. The summed E-state index contributed by atoms with van der Waals surface area (Å²) in [5.74, 6) is 8.04. The van der Waals surface area contributed by atoms with E-state index in [1.807, 2.05) is 42.5 Å². The highest BCUT2D eigenvalue weighted by Crippen LogP contribution is 2.40. The second kappa shape index (κ2) is 6.03. The number of benzene rings is 2. The van der Waals surface area contributed by atoms with Gasteiger partial charge in [-0.3, -0.25) is 5.84 Å². The van der Waals surface area contributed by atoms with Crippen molar-refractivity contribution in [3.8, 4) is 17.2 Å². The fourth-order valence-corrected chi connectivity index (χ4v) is 2.58. The van der Waals surface area contributed by atoms with E-state index in [1.165, 1.54) is 0 Å². The van der Waals surface area contributed by atoms with Crippen molar-refractivity contribution in [2.75, 3.05) is 20.3 Å². The zero-order valence-corrected chi connectivity index (χ0v) is 11.8. The molecule has 2 aromatic carbocycles. The summed E-state index contributed by atoms with van der Waals surface area (Å²) in [4.78, 5) is 0. The minimum Gasteiger partial charge on any atom is -0.496 e. The molecule has 0 amide bonds. The third kappa shape index (κ3) is 2.53. The highest BCUT2D eigenvalue weighted by molar-refractivity contribution is 5.53. The van der Waals surface area contributed by atoms with E-state index in [-0.39, 0.29) is 6.04 Å². The van der Waals surface area contributed by atoms with E-state index in [0.29, 0.717) is 13.2 Å². The summed E-state index contributed by atoms with van der Waals surface area (Å²) in [5.41, 5.74) is 4.72. The standard InChI is InChI=1S/C16H18N2O3/c1-19-13-7-3-2-5-11(13)15(18-17)12-6-4-8-14-16(12)21-10-9-20-14/h2-8,15,18H,9-10,17H2,1H3. The number of hydrogen-bond donors (Lipinski definition) is 2. The molecule has 1 atom stereocenters. The van der Waals surface area contributed by atoms with Crippen LogP contribution in [0, 0.1) is 0 Å². The number of ether oxygens (including phenoxy) is 3. The largest absolute Gasteiger partial charge is 0.496 e. The first-order chi connectivity index (χ1) is 10.3. The SMILES string of the molecule is COc1ccccc1C(NN)c1cccc2c1OCCO2. The van der Waals surface area contributed by atoms with Gasteiger partial charge in [0.25, 0.3) is 0 Å². The van der Waals surface area contributed by atoms with Crippen LogP contribution in [-0.4, -0.2) is 20.3 Å². The van der Waals surface area contributed by atoms with E-state index in [0.717, 1.165) is 28.4 Å². The quantitative estimate of drug-likeness (QED) is 0.665. The van der Waals surface area contributed by atoms with Crippen molar-refractivity contribution in [3.05, 3.63) is 53.6 Å². The van der Waals surface area contributed by atoms with Gasteiger partial charge < -0.3 is 14.2 Å². The summed E-state index contributed by atoms with van der Waals surface area (Å²) in [5, 5.41) is 0. The van der Waals surface area contributed by atoms with E-state index >= 15 is 0 Å². The Morgan fingerprint density at radius 1 is 1.05 bits per heavy atom. The van der Waals surface area contributed by atoms with E-state index in [1.54, 1.807) is 7.11 Å². The van der Waals surface area contributed by atoms with Gasteiger partial charge in [0.1, 0.15) is 19.0 Å². The number of nitrogens with two attached hydrogens (primary N) is 1. The molecule has 0 saturated heterocycles. The average Bonchev–Trinajstić information content (AvgIpc) is 2.56. The number of rotatable bonds is 4. The van der Waals surface area contributed by atoms with Crippen LogP contribution < -0.4 is 25.5 Å². The molecular formula is C16H18N2O3. The van der Waals surface area contributed by atoms with Crippen molar-refractivity contribution in [3.63, 3.8) is 0 Å². The first kappa shape index (κ1) is 13.7. The van der Waals surface area contributed by atoms with Crippen LogP contribution in [-0.2, 0) is 0 Å². The van der Waals surface area contributed by atoms with Crippen LogP contribution in [0.4, 0.5) is 0 Å². The number of hydrogen-bond acceptors (Lipinski definition) is 5. The number of para-hydroxylation sites is 2. The predicted molar refractivity (Wildman–Crippen MR) is 79.6 cm³/mol. The molecular weight excluding hydrogens is 268 g/mol. The summed E-state index contributed by atoms with van der Waals surface area (Å²) in [6.07, 6.45) is 0. The molecule has 1 aliphatic heterocycles. The topological polar surface area (TPSA) is 65.7 Å². The van der Waals surface area contributed by atoms with Crippen LogP contribution >= 0.6 is 0 Å². The van der Waals surface area contributed by atoms with Crippen LogP contribution in [0.15, 0.2) is 42.5 Å². The van der Waals surface area contributed by atoms with E-state index in [4.69, 9.17) is 20.1 Å². The summed E-state index contributed by atoms with van der Waals surface area (Å²) in [6, 6.07) is 13.3. The fourth-order valence-electron chi connectivity index (χ4n) is 2.58. The molecule has 0 aromatic heterocycles. The molecule has 0 spiro atoms. The lowest BCUT2D eigenvalue weighted by Gasteiger charge is -2.26. The van der Waals surface area contributed by atoms with Gasteiger partial charge in [0.15, 0.2) is 11.5 Å². The van der Waals surface area contributed by atoms with Crippen molar-refractivity contribution in [2.24, 2.45) is 5.84 Å². The molecule has 2 aromatic rings. The third-order valence-electron chi connectivity index (χ3n) is 3.52.